The Bertz CT molecular complexity index is 947. The van der Waals surface area contributed by atoms with Gasteiger partial charge in [-0.15, -0.1) is 4.31 Å². The summed E-state index contributed by atoms with van der Waals surface area (Å²) < 4.78 is 14.7. The van der Waals surface area contributed by atoms with Gasteiger partial charge in [0.25, 0.3) is 0 Å². The molecule has 144 valence electrons. The molecule has 1 aliphatic rings. The zero-order valence-corrected chi connectivity index (χ0v) is 16.2. The number of hydrogen-bond donors (Lipinski definition) is 3. The Kier molecular flexibility index (Phi) is 5.61. The lowest BCUT2D eigenvalue weighted by atomic mass is 10.3. The predicted molar refractivity (Wildman–Crippen MR) is 113 cm³/mol. The first kappa shape index (κ1) is 18.5. The Labute approximate surface area is 167 Å². The summed E-state index contributed by atoms with van der Waals surface area (Å²) in [6.45, 7) is 1.76. The first-order chi connectivity index (χ1) is 13.7. The van der Waals surface area contributed by atoms with Crippen molar-refractivity contribution in [2.45, 2.75) is 17.7 Å². The van der Waals surface area contributed by atoms with Crippen molar-refractivity contribution in [2.24, 2.45) is 0 Å². The van der Waals surface area contributed by atoms with Crippen LogP contribution in [0.25, 0.3) is 0 Å². The molecule has 7 nitrogen and oxygen atoms in total. The molecule has 8 heteroatoms. The van der Waals surface area contributed by atoms with Crippen LogP contribution in [-0.2, 0) is 11.4 Å². The van der Waals surface area contributed by atoms with Gasteiger partial charge in [0.15, 0.2) is 4.90 Å². The van der Waals surface area contributed by atoms with Crippen molar-refractivity contribution in [1.82, 2.24) is 14.3 Å². The highest BCUT2D eigenvalue weighted by Crippen LogP contribution is 2.24. The van der Waals surface area contributed by atoms with Gasteiger partial charge >= 0.3 is 0 Å². The summed E-state index contributed by atoms with van der Waals surface area (Å²) in [4.78, 5) is 9.54. The Hall–Kier alpha value is -2.81. The first-order valence-electron chi connectivity index (χ1n) is 9.17. The van der Waals surface area contributed by atoms with E-state index in [1.807, 2.05) is 52.8 Å². The van der Waals surface area contributed by atoms with Crippen LogP contribution in [0.3, 0.4) is 0 Å². The number of rotatable bonds is 6. The molecule has 0 saturated carbocycles. The molecule has 1 atom stereocenters. The van der Waals surface area contributed by atoms with Crippen molar-refractivity contribution >= 4 is 40.2 Å². The number of nitrogens with one attached hydrogen (secondary N) is 2. The van der Waals surface area contributed by atoms with Crippen molar-refractivity contribution in [3.8, 4) is 0 Å². The largest absolute Gasteiger partial charge is 0.593 e. The van der Waals surface area contributed by atoms with Gasteiger partial charge in [0.05, 0.1) is 11.4 Å². The Balaban J connectivity index is 1.47. The minimum atomic E-state index is -1.13. The van der Waals surface area contributed by atoms with Gasteiger partial charge in [-0.3, -0.25) is 0 Å². The molecule has 2 aromatic carbocycles. The first-order valence-corrected chi connectivity index (χ1v) is 10.3. The summed E-state index contributed by atoms with van der Waals surface area (Å²) in [6.07, 6.45) is 3.88. The van der Waals surface area contributed by atoms with Crippen molar-refractivity contribution < 1.29 is 4.55 Å². The summed E-state index contributed by atoms with van der Waals surface area (Å²) in [7, 11) is 0. The number of benzene rings is 2. The van der Waals surface area contributed by atoms with Crippen LogP contribution in [0.1, 0.15) is 12.8 Å². The molecule has 1 aromatic heterocycles. The molecule has 0 amide bonds. The van der Waals surface area contributed by atoms with Crippen LogP contribution in [-0.4, -0.2) is 31.9 Å². The highest BCUT2D eigenvalue weighted by molar-refractivity contribution is 7.89. The van der Waals surface area contributed by atoms with Crippen LogP contribution in [0.2, 0.25) is 0 Å². The third-order valence-corrected chi connectivity index (χ3v) is 5.90. The van der Waals surface area contributed by atoms with E-state index < -0.39 is 11.4 Å². The van der Waals surface area contributed by atoms with Crippen LogP contribution in [0.15, 0.2) is 65.7 Å². The molecule has 28 heavy (non-hydrogen) atoms. The fraction of sp³-hybridized carbons (Fsp3) is 0.200. The number of nitrogens with zero attached hydrogens (tertiary/aromatic N) is 3. The van der Waals surface area contributed by atoms with E-state index in [1.165, 1.54) is 0 Å². The van der Waals surface area contributed by atoms with Gasteiger partial charge in [0.2, 0.25) is 5.95 Å². The lowest BCUT2D eigenvalue weighted by Crippen LogP contribution is -2.27. The van der Waals surface area contributed by atoms with Crippen LogP contribution in [0, 0.1) is 0 Å². The van der Waals surface area contributed by atoms with Crippen molar-refractivity contribution in [3.63, 3.8) is 0 Å². The predicted octanol–water partition coefficient (Wildman–Crippen LogP) is 3.66. The van der Waals surface area contributed by atoms with Crippen LogP contribution in [0.4, 0.5) is 28.8 Å². The van der Waals surface area contributed by atoms with E-state index in [4.69, 9.17) is 5.73 Å². The molecule has 0 spiro atoms. The smallest absolute Gasteiger partial charge is 0.229 e. The molecule has 0 radical (unpaired) electrons. The maximum atomic E-state index is 12.7. The van der Waals surface area contributed by atoms with Gasteiger partial charge in [-0.2, -0.15) is 4.98 Å². The summed E-state index contributed by atoms with van der Waals surface area (Å²) in [5, 5.41) is 6.40. The number of nitrogens with two attached hydrogens (primary N) is 1. The van der Waals surface area contributed by atoms with E-state index >= 15 is 0 Å². The standard InChI is InChI=1S/C20H22N6OS/c21-15-5-3-6-16(13-15)23-19-9-10-22-20(25-19)24-17-7-4-8-18(14-17)28(27)26-11-1-2-12-26/h3-10,13-14H,1-2,11-12,21H2,(H2,22,23,24,25). The van der Waals surface area contributed by atoms with Gasteiger partial charge in [0, 0.05) is 42.4 Å². The van der Waals surface area contributed by atoms with Gasteiger partial charge < -0.3 is 20.9 Å². The Morgan fingerprint density at radius 1 is 0.964 bits per heavy atom. The van der Waals surface area contributed by atoms with Gasteiger partial charge in [0.1, 0.15) is 5.82 Å². The van der Waals surface area contributed by atoms with E-state index in [0.29, 0.717) is 17.5 Å². The monoisotopic (exact) mass is 394 g/mol. The van der Waals surface area contributed by atoms with Crippen LogP contribution >= 0.6 is 0 Å². The average Bonchev–Trinajstić information content (AvgIpc) is 3.23. The third-order valence-electron chi connectivity index (χ3n) is 4.41. The van der Waals surface area contributed by atoms with Crippen molar-refractivity contribution in [2.75, 3.05) is 29.5 Å². The van der Waals surface area contributed by atoms with Crippen LogP contribution < -0.4 is 16.4 Å². The highest BCUT2D eigenvalue weighted by atomic mass is 32.2. The number of hydrogen-bond acceptors (Lipinski definition) is 7. The fourth-order valence-electron chi connectivity index (χ4n) is 3.07. The van der Waals surface area contributed by atoms with E-state index in [2.05, 4.69) is 20.6 Å². The average molecular weight is 395 g/mol. The highest BCUT2D eigenvalue weighted by Gasteiger charge is 2.25. The molecular weight excluding hydrogens is 372 g/mol. The molecule has 0 aliphatic carbocycles. The van der Waals surface area contributed by atoms with E-state index in [1.54, 1.807) is 12.3 Å². The second kappa shape index (κ2) is 8.47. The minimum absolute atomic E-state index is 0.456. The molecule has 4 N–H and O–H groups in total. The molecule has 2 heterocycles. The number of nitrogen functional groups attached to an aromatic ring is 1. The molecule has 1 unspecified atom stereocenters. The number of anilines is 5. The van der Waals surface area contributed by atoms with E-state index in [0.717, 1.165) is 42.2 Å². The molecule has 1 saturated heterocycles. The topological polar surface area (TPSA) is 102 Å². The molecule has 4 rings (SSSR count). The van der Waals surface area contributed by atoms with E-state index in [-0.39, 0.29) is 0 Å². The number of aromatic nitrogens is 2. The van der Waals surface area contributed by atoms with Crippen molar-refractivity contribution in [1.29, 1.82) is 0 Å². The molecule has 0 bridgehead atoms. The maximum absolute atomic E-state index is 12.7. The van der Waals surface area contributed by atoms with Crippen LogP contribution in [0.5, 0.6) is 0 Å². The zero-order valence-electron chi connectivity index (χ0n) is 15.3. The second-order valence-electron chi connectivity index (χ2n) is 6.55. The van der Waals surface area contributed by atoms with Crippen molar-refractivity contribution in [3.05, 3.63) is 60.8 Å². The summed E-state index contributed by atoms with van der Waals surface area (Å²) in [5.74, 6) is 1.11. The summed E-state index contributed by atoms with van der Waals surface area (Å²) in [5.41, 5.74) is 8.15. The molecule has 1 fully saturated rings. The lowest BCUT2D eigenvalue weighted by Gasteiger charge is -2.19. The molecule has 1 aliphatic heterocycles. The second-order valence-corrected chi connectivity index (χ2v) is 8.04. The quantitative estimate of drug-likeness (QED) is 0.433. The van der Waals surface area contributed by atoms with E-state index in [9.17, 15) is 4.55 Å². The normalized spacial score (nSPS) is 15.3. The minimum Gasteiger partial charge on any atom is -0.593 e. The lowest BCUT2D eigenvalue weighted by molar-refractivity contribution is 0.477. The van der Waals surface area contributed by atoms with Gasteiger partial charge in [-0.05, 0) is 49.2 Å². The fourth-order valence-corrected chi connectivity index (χ4v) is 4.38. The molecular formula is C20H22N6OS. The molecule has 3 aromatic rings. The maximum Gasteiger partial charge on any atom is 0.229 e. The SMILES string of the molecule is Nc1cccc(Nc2ccnc(Nc3cccc([S+]([O-])N4CCCC4)c3)n2)c1. The zero-order chi connectivity index (χ0) is 19.3. The van der Waals surface area contributed by atoms with Gasteiger partial charge in [-0.1, -0.05) is 12.1 Å². The summed E-state index contributed by atoms with van der Waals surface area (Å²) in [6, 6.07) is 16.8. The van der Waals surface area contributed by atoms with Gasteiger partial charge in [-0.25, -0.2) is 4.98 Å². The Morgan fingerprint density at radius 2 is 1.71 bits per heavy atom. The third kappa shape index (κ3) is 4.53. The Morgan fingerprint density at radius 3 is 2.50 bits per heavy atom. The summed E-state index contributed by atoms with van der Waals surface area (Å²) >= 11 is -1.13.